The van der Waals surface area contributed by atoms with Gasteiger partial charge in [0.25, 0.3) is 5.91 Å². The topological polar surface area (TPSA) is 42.2 Å². The summed E-state index contributed by atoms with van der Waals surface area (Å²) in [5, 5.41) is 3.02. The molecule has 1 N–H and O–H groups in total. The van der Waals surface area contributed by atoms with Crippen LogP contribution in [-0.2, 0) is 0 Å². The lowest BCUT2D eigenvalue weighted by atomic mass is 9.95. The summed E-state index contributed by atoms with van der Waals surface area (Å²) in [6.07, 6.45) is 5.95. The SMILES string of the molecule is Cc1ccc(C(=O)NC2CCCCC2)o1. The van der Waals surface area contributed by atoms with Crippen LogP contribution < -0.4 is 5.32 Å². The number of hydrogen-bond acceptors (Lipinski definition) is 2. The maximum absolute atomic E-state index is 11.7. The van der Waals surface area contributed by atoms with Gasteiger partial charge in [0, 0.05) is 6.04 Å². The molecule has 1 aliphatic rings. The molecular formula is C12H17NO2. The lowest BCUT2D eigenvalue weighted by Gasteiger charge is -2.22. The van der Waals surface area contributed by atoms with E-state index in [0.717, 1.165) is 18.6 Å². The first-order valence-electron chi connectivity index (χ1n) is 5.63. The molecule has 3 nitrogen and oxygen atoms in total. The van der Waals surface area contributed by atoms with Crippen molar-refractivity contribution in [2.75, 3.05) is 0 Å². The Hall–Kier alpha value is -1.25. The van der Waals surface area contributed by atoms with Crippen LogP contribution in [0, 0.1) is 6.92 Å². The molecule has 0 bridgehead atoms. The Balaban J connectivity index is 1.91. The van der Waals surface area contributed by atoms with Crippen LogP contribution >= 0.6 is 0 Å². The van der Waals surface area contributed by atoms with Crippen molar-refractivity contribution in [3.05, 3.63) is 23.7 Å². The number of amides is 1. The first kappa shape index (κ1) is 10.3. The monoisotopic (exact) mass is 207 g/mol. The molecule has 0 unspecified atom stereocenters. The first-order chi connectivity index (χ1) is 7.25. The molecule has 1 fully saturated rings. The van der Waals surface area contributed by atoms with E-state index in [1.807, 2.05) is 13.0 Å². The van der Waals surface area contributed by atoms with Crippen LogP contribution in [0.4, 0.5) is 0 Å². The van der Waals surface area contributed by atoms with Crippen molar-refractivity contribution in [2.45, 2.75) is 45.1 Å². The van der Waals surface area contributed by atoms with Gasteiger partial charge in [-0.05, 0) is 31.9 Å². The van der Waals surface area contributed by atoms with E-state index < -0.39 is 0 Å². The Labute approximate surface area is 89.9 Å². The number of furan rings is 1. The van der Waals surface area contributed by atoms with Crippen LogP contribution in [0.3, 0.4) is 0 Å². The van der Waals surface area contributed by atoms with Gasteiger partial charge in [0.15, 0.2) is 5.76 Å². The minimum atomic E-state index is -0.0741. The molecule has 1 heterocycles. The van der Waals surface area contributed by atoms with Gasteiger partial charge in [-0.3, -0.25) is 4.79 Å². The average Bonchev–Trinajstić information content (AvgIpc) is 2.66. The number of rotatable bonds is 2. The van der Waals surface area contributed by atoms with E-state index in [1.54, 1.807) is 6.07 Å². The minimum Gasteiger partial charge on any atom is -0.456 e. The van der Waals surface area contributed by atoms with Gasteiger partial charge in [0.05, 0.1) is 0 Å². The predicted octanol–water partition coefficient (Wildman–Crippen LogP) is 2.65. The molecule has 0 spiro atoms. The average molecular weight is 207 g/mol. The Morgan fingerprint density at radius 1 is 1.33 bits per heavy atom. The molecule has 3 heteroatoms. The number of hydrogen-bond donors (Lipinski definition) is 1. The molecule has 0 aliphatic heterocycles. The molecule has 0 radical (unpaired) electrons. The van der Waals surface area contributed by atoms with Gasteiger partial charge in [-0.15, -0.1) is 0 Å². The van der Waals surface area contributed by atoms with Crippen molar-refractivity contribution < 1.29 is 9.21 Å². The predicted molar refractivity (Wildman–Crippen MR) is 57.8 cm³/mol. The molecule has 2 rings (SSSR count). The van der Waals surface area contributed by atoms with Crippen molar-refractivity contribution in [1.82, 2.24) is 5.32 Å². The van der Waals surface area contributed by atoms with E-state index in [2.05, 4.69) is 5.32 Å². The highest BCUT2D eigenvalue weighted by Gasteiger charge is 2.18. The smallest absolute Gasteiger partial charge is 0.287 e. The maximum atomic E-state index is 11.7. The van der Waals surface area contributed by atoms with Crippen molar-refractivity contribution in [3.8, 4) is 0 Å². The normalized spacial score (nSPS) is 17.7. The van der Waals surface area contributed by atoms with Crippen molar-refractivity contribution in [3.63, 3.8) is 0 Å². The number of aryl methyl sites for hydroxylation is 1. The summed E-state index contributed by atoms with van der Waals surface area (Å²) >= 11 is 0. The molecule has 1 aliphatic carbocycles. The van der Waals surface area contributed by atoms with Crippen molar-refractivity contribution >= 4 is 5.91 Å². The summed E-state index contributed by atoms with van der Waals surface area (Å²) in [6.45, 7) is 1.84. The van der Waals surface area contributed by atoms with Gasteiger partial charge < -0.3 is 9.73 Å². The summed E-state index contributed by atoms with van der Waals surface area (Å²) in [5.74, 6) is 1.14. The van der Waals surface area contributed by atoms with Crippen molar-refractivity contribution in [1.29, 1.82) is 0 Å². The Bertz CT molecular complexity index is 337. The molecule has 0 saturated heterocycles. The van der Waals surface area contributed by atoms with Crippen molar-refractivity contribution in [2.24, 2.45) is 0 Å². The standard InChI is InChI=1S/C12H17NO2/c1-9-7-8-11(15-9)12(14)13-10-5-3-2-4-6-10/h7-8,10H,2-6H2,1H3,(H,13,14). The second kappa shape index (κ2) is 4.51. The number of carbonyl (C=O) groups excluding carboxylic acids is 1. The third kappa shape index (κ3) is 2.61. The summed E-state index contributed by atoms with van der Waals surface area (Å²) < 4.78 is 5.27. The zero-order chi connectivity index (χ0) is 10.7. The number of carbonyl (C=O) groups is 1. The van der Waals surface area contributed by atoms with Gasteiger partial charge in [-0.1, -0.05) is 19.3 Å². The third-order valence-electron chi connectivity index (χ3n) is 2.90. The molecule has 15 heavy (non-hydrogen) atoms. The summed E-state index contributed by atoms with van der Waals surface area (Å²) in [6, 6.07) is 3.89. The third-order valence-corrected chi connectivity index (χ3v) is 2.90. The molecule has 1 aromatic heterocycles. The zero-order valence-corrected chi connectivity index (χ0v) is 9.08. The Kier molecular flexibility index (Phi) is 3.09. The Morgan fingerprint density at radius 3 is 2.67 bits per heavy atom. The summed E-state index contributed by atoms with van der Waals surface area (Å²) in [5.41, 5.74) is 0. The molecule has 1 aromatic rings. The fourth-order valence-corrected chi connectivity index (χ4v) is 2.06. The van der Waals surface area contributed by atoms with E-state index >= 15 is 0 Å². The van der Waals surface area contributed by atoms with E-state index in [9.17, 15) is 4.79 Å². The van der Waals surface area contributed by atoms with Gasteiger partial charge in [-0.2, -0.15) is 0 Å². The van der Waals surface area contributed by atoms with E-state index in [1.165, 1.54) is 19.3 Å². The first-order valence-corrected chi connectivity index (χ1v) is 5.63. The van der Waals surface area contributed by atoms with Gasteiger partial charge in [-0.25, -0.2) is 0 Å². The molecular weight excluding hydrogens is 190 g/mol. The fraction of sp³-hybridized carbons (Fsp3) is 0.583. The van der Waals surface area contributed by atoms with E-state index in [0.29, 0.717) is 11.8 Å². The molecule has 82 valence electrons. The fourth-order valence-electron chi connectivity index (χ4n) is 2.06. The van der Waals surface area contributed by atoms with E-state index in [-0.39, 0.29) is 5.91 Å². The second-order valence-electron chi connectivity index (χ2n) is 4.22. The summed E-state index contributed by atoms with van der Waals surface area (Å²) in [4.78, 5) is 11.7. The van der Waals surface area contributed by atoms with Crippen LogP contribution in [0.5, 0.6) is 0 Å². The highest BCUT2D eigenvalue weighted by Crippen LogP contribution is 2.18. The Morgan fingerprint density at radius 2 is 2.07 bits per heavy atom. The molecule has 0 aromatic carbocycles. The van der Waals surface area contributed by atoms with Gasteiger partial charge in [0.2, 0.25) is 0 Å². The molecule has 1 saturated carbocycles. The largest absolute Gasteiger partial charge is 0.456 e. The molecule has 1 amide bonds. The highest BCUT2D eigenvalue weighted by atomic mass is 16.3. The van der Waals surface area contributed by atoms with Crippen LogP contribution in [0.15, 0.2) is 16.5 Å². The maximum Gasteiger partial charge on any atom is 0.287 e. The minimum absolute atomic E-state index is 0.0741. The second-order valence-corrected chi connectivity index (χ2v) is 4.22. The van der Waals surface area contributed by atoms with Gasteiger partial charge in [0.1, 0.15) is 5.76 Å². The van der Waals surface area contributed by atoms with Crippen LogP contribution in [0.1, 0.15) is 48.4 Å². The van der Waals surface area contributed by atoms with Crippen LogP contribution in [-0.4, -0.2) is 11.9 Å². The molecule has 0 atom stereocenters. The van der Waals surface area contributed by atoms with Crippen LogP contribution in [0.25, 0.3) is 0 Å². The van der Waals surface area contributed by atoms with Crippen LogP contribution in [0.2, 0.25) is 0 Å². The van der Waals surface area contributed by atoms with Gasteiger partial charge >= 0.3 is 0 Å². The highest BCUT2D eigenvalue weighted by molar-refractivity contribution is 5.91. The summed E-state index contributed by atoms with van der Waals surface area (Å²) in [7, 11) is 0. The number of nitrogens with one attached hydrogen (secondary N) is 1. The lowest BCUT2D eigenvalue weighted by molar-refractivity contribution is 0.0898. The zero-order valence-electron chi connectivity index (χ0n) is 9.08. The van der Waals surface area contributed by atoms with E-state index in [4.69, 9.17) is 4.42 Å². The quantitative estimate of drug-likeness (QED) is 0.810. The lowest BCUT2D eigenvalue weighted by Crippen LogP contribution is -2.35.